The van der Waals surface area contributed by atoms with E-state index in [0.29, 0.717) is 0 Å². The van der Waals surface area contributed by atoms with Crippen LogP contribution >= 0.6 is 0 Å². The van der Waals surface area contributed by atoms with E-state index in [0.717, 1.165) is 0 Å². The quantitative estimate of drug-likeness (QED) is 0.240. The molecule has 0 aliphatic carbocycles. The summed E-state index contributed by atoms with van der Waals surface area (Å²) in [5, 5.41) is 0. The molecule has 0 aromatic carbocycles. The zero-order chi connectivity index (χ0) is 7.21. The summed E-state index contributed by atoms with van der Waals surface area (Å²) in [7, 11) is -5.17. The van der Waals surface area contributed by atoms with Gasteiger partial charge in [0.25, 0.3) is 0 Å². The first kappa shape index (κ1) is 36.6. The normalized spacial score (nSPS) is 5.50. The Morgan fingerprint density at radius 2 is 1.08 bits per heavy atom. The second-order valence-corrected chi connectivity index (χ2v) is 1.51. The van der Waals surface area contributed by atoms with Gasteiger partial charge in [0.05, 0.1) is 0 Å². The fourth-order valence-electron chi connectivity index (χ4n) is 0. The van der Waals surface area contributed by atoms with E-state index < -0.39 is 25.9 Å². The van der Waals surface area contributed by atoms with Gasteiger partial charge in [-0.1, -0.05) is 0 Å². The summed E-state index contributed by atoms with van der Waals surface area (Å²) in [5.74, 6) is 0. The topological polar surface area (TPSA) is 182 Å². The average molecular weight is 270 g/mol. The molecule has 0 aliphatic rings. The Hall–Kier alpha value is 2.44. The van der Waals surface area contributed by atoms with Crippen LogP contribution in [-0.4, -0.2) is 119 Å². The Morgan fingerprint density at radius 1 is 1.08 bits per heavy atom. The Balaban J connectivity index is -0.0000000119. The van der Waals surface area contributed by atoms with E-state index in [1.807, 2.05) is 0 Å². The van der Waals surface area contributed by atoms with Crippen LogP contribution in [0.2, 0.25) is 0 Å². The van der Waals surface area contributed by atoms with Crippen LogP contribution in [0.25, 0.3) is 0 Å². The molecule has 12 heteroatoms. The predicted octanol–water partition coefficient (Wildman–Crippen LogP) is -4.79. The number of hydrogen-bond acceptors (Lipinski definition) is 7. The van der Waals surface area contributed by atoms with Crippen LogP contribution in [0, 0.1) is 0 Å². The summed E-state index contributed by atoms with van der Waals surface area (Å²) < 4.78 is 51.0. The second-order valence-electron chi connectivity index (χ2n) is 0.504. The molecule has 64 valence electrons. The standard InChI is InChI=1S/Al.2Ca.H2O4S.2H2O.2O/c;;;1-5(2,3)4;;;;/h;;;(H2,1,2,3,4);2*1H2;;/q;2*+2;;;;;-1/p-3. The molecular weight excluding hydrogens is 267 g/mol. The molecule has 0 aromatic rings. The number of rotatable bonds is 0. The van der Waals surface area contributed by atoms with Crippen molar-refractivity contribution in [2.45, 2.75) is 0 Å². The molecule has 0 amide bonds. The van der Waals surface area contributed by atoms with Crippen molar-refractivity contribution < 1.29 is 36.4 Å². The fourth-order valence-corrected chi connectivity index (χ4v) is 0. The predicted molar refractivity (Wildman–Crippen MR) is 34.0 cm³/mol. The van der Waals surface area contributed by atoms with Gasteiger partial charge in [0, 0.05) is 10.4 Å². The molecule has 0 aromatic heterocycles. The van der Waals surface area contributed by atoms with E-state index >= 15 is 0 Å². The van der Waals surface area contributed by atoms with E-state index in [-0.39, 0.29) is 86.4 Å². The second kappa shape index (κ2) is 23.3. The van der Waals surface area contributed by atoms with Gasteiger partial charge in [0.15, 0.2) is 0 Å². The maximum absolute atomic E-state index is 8.52. The van der Waals surface area contributed by atoms with Gasteiger partial charge in [-0.3, -0.25) is 8.42 Å². The first-order valence-corrected chi connectivity index (χ1v) is 3.41. The van der Waals surface area contributed by atoms with Crippen LogP contribution in [0.3, 0.4) is 0 Å². The van der Waals surface area contributed by atoms with Crippen LogP contribution in [0.1, 0.15) is 0 Å². The minimum absolute atomic E-state index is 0. The first-order valence-electron chi connectivity index (χ1n) is 1.14. The molecule has 0 saturated carbocycles. The Labute approximate surface area is 135 Å². The van der Waals surface area contributed by atoms with Crippen molar-refractivity contribution in [2.75, 3.05) is 0 Å². The van der Waals surface area contributed by atoms with Gasteiger partial charge >= 0.3 is 98.9 Å². The SMILES string of the molecule is O.O=S(=O)([O-])[O-].[Ca+2].[Ca+2].[OH-].[O]=[Al][O-]. The Kier molecular flexibility index (Phi) is 71.2. The van der Waals surface area contributed by atoms with Crippen molar-refractivity contribution in [3.8, 4) is 0 Å². The molecule has 0 atom stereocenters. The van der Waals surface area contributed by atoms with Crippen molar-refractivity contribution >= 4 is 101 Å². The summed E-state index contributed by atoms with van der Waals surface area (Å²) in [4.78, 5) is 0. The van der Waals surface area contributed by atoms with Gasteiger partial charge in [-0.05, 0) is 0 Å². The molecule has 0 spiro atoms. The first-order chi connectivity index (χ1) is 3.41. The fraction of sp³-hybridized carbons (Fsp3) is 0. The van der Waals surface area contributed by atoms with Crippen LogP contribution < -0.4 is 4.16 Å². The average Bonchev–Trinajstić information content (AvgIpc) is 1.27. The van der Waals surface area contributed by atoms with Gasteiger partial charge in [-0.2, -0.15) is 0 Å². The van der Waals surface area contributed by atoms with Crippen LogP contribution in [0.4, 0.5) is 0 Å². The zero-order valence-corrected chi connectivity index (χ0v) is 12.2. The van der Waals surface area contributed by atoms with Gasteiger partial charge in [-0.25, -0.2) is 0 Å². The molecule has 0 bridgehead atoms. The van der Waals surface area contributed by atoms with E-state index in [1.165, 1.54) is 0 Å². The molecule has 0 fully saturated rings. The van der Waals surface area contributed by atoms with Crippen LogP contribution in [0.5, 0.6) is 0 Å². The molecule has 0 rings (SSSR count). The van der Waals surface area contributed by atoms with Gasteiger partial charge < -0.3 is 20.1 Å². The molecule has 0 saturated heterocycles. The van der Waals surface area contributed by atoms with E-state index in [2.05, 4.69) is 0 Å². The van der Waals surface area contributed by atoms with Crippen molar-refractivity contribution in [1.82, 2.24) is 0 Å². The van der Waals surface area contributed by atoms with Crippen LogP contribution in [0.15, 0.2) is 0 Å². The summed E-state index contributed by atoms with van der Waals surface area (Å²) in [5.41, 5.74) is 0. The van der Waals surface area contributed by atoms with Crippen molar-refractivity contribution in [2.24, 2.45) is 0 Å². The third-order valence-corrected chi connectivity index (χ3v) is 0. The van der Waals surface area contributed by atoms with Gasteiger partial charge in [-0.15, -0.1) is 0 Å². The summed E-state index contributed by atoms with van der Waals surface area (Å²) >= 11 is -1.75. The van der Waals surface area contributed by atoms with Crippen molar-refractivity contribution in [3.05, 3.63) is 0 Å². The van der Waals surface area contributed by atoms with Crippen molar-refractivity contribution in [3.63, 3.8) is 0 Å². The van der Waals surface area contributed by atoms with E-state index in [9.17, 15) is 0 Å². The van der Waals surface area contributed by atoms with E-state index in [1.54, 1.807) is 0 Å². The summed E-state index contributed by atoms with van der Waals surface area (Å²) in [6.45, 7) is 0. The Morgan fingerprint density at radius 3 is 1.08 bits per heavy atom. The molecular formula is H3AlCa2O8S. The monoisotopic (exact) mass is 270 g/mol. The maximum atomic E-state index is 8.52. The molecule has 3 N–H and O–H groups in total. The minimum atomic E-state index is -5.17. The zero-order valence-electron chi connectivity index (χ0n) is 5.80. The van der Waals surface area contributed by atoms with Crippen molar-refractivity contribution in [1.29, 1.82) is 0 Å². The summed E-state index contributed by atoms with van der Waals surface area (Å²) in [6.07, 6.45) is 0. The summed E-state index contributed by atoms with van der Waals surface area (Å²) in [6, 6.07) is 0. The van der Waals surface area contributed by atoms with Crippen LogP contribution in [-0.2, 0) is 14.2 Å². The molecule has 0 heterocycles. The third-order valence-electron chi connectivity index (χ3n) is 0. The molecule has 8 nitrogen and oxygen atoms in total. The molecule has 0 aliphatic heterocycles. The Bertz CT molecular complexity index is 131. The third kappa shape index (κ3) is 273. The molecule has 0 unspecified atom stereocenters. The van der Waals surface area contributed by atoms with E-state index in [4.69, 9.17) is 25.5 Å². The van der Waals surface area contributed by atoms with Gasteiger partial charge in [0.2, 0.25) is 0 Å². The van der Waals surface area contributed by atoms with Gasteiger partial charge in [0.1, 0.15) is 0 Å². The number of hydrogen-bond donors (Lipinski definition) is 0. The molecule has 12 heavy (non-hydrogen) atoms. The molecule has 0 radical (unpaired) electrons.